The van der Waals surface area contributed by atoms with Crippen LogP contribution in [0.5, 0.6) is 0 Å². The van der Waals surface area contributed by atoms with E-state index in [1.807, 2.05) is 7.05 Å². The molecule has 3 nitrogen and oxygen atoms in total. The molecule has 0 bridgehead atoms. The highest BCUT2D eigenvalue weighted by molar-refractivity contribution is 5.47. The lowest BCUT2D eigenvalue weighted by Gasteiger charge is -2.23. The Morgan fingerprint density at radius 1 is 1.21 bits per heavy atom. The van der Waals surface area contributed by atoms with Crippen LogP contribution in [0.2, 0.25) is 0 Å². The molecule has 19 heavy (non-hydrogen) atoms. The summed E-state index contributed by atoms with van der Waals surface area (Å²) in [6.45, 7) is 4.13. The van der Waals surface area contributed by atoms with Crippen molar-refractivity contribution in [3.05, 3.63) is 29.8 Å². The number of likely N-dealkylation sites (N-methyl/N-ethyl adjacent to an activating group) is 2. The van der Waals surface area contributed by atoms with Gasteiger partial charge in [-0.05, 0) is 44.0 Å². The standard InChI is InChI=1S/C16H26N2O/c1-4-13-5-7-14(8-6-13)18(3)12-16-10-9-15(19-16)11-17-2/h5-8,15-17H,4,9-12H2,1-3H3. The first-order valence-corrected chi connectivity index (χ1v) is 7.33. The Kier molecular flexibility index (Phi) is 5.23. The molecule has 2 atom stereocenters. The molecule has 3 heteroatoms. The number of nitrogens with zero attached hydrogens (tertiary/aromatic N) is 1. The highest BCUT2D eigenvalue weighted by Crippen LogP contribution is 2.22. The van der Waals surface area contributed by atoms with E-state index in [4.69, 9.17) is 4.74 Å². The minimum absolute atomic E-state index is 0.370. The molecular weight excluding hydrogens is 236 g/mol. The molecule has 2 unspecified atom stereocenters. The fraction of sp³-hybridized carbons (Fsp3) is 0.625. The maximum Gasteiger partial charge on any atom is 0.0755 e. The molecule has 1 N–H and O–H groups in total. The van der Waals surface area contributed by atoms with Gasteiger partial charge in [-0.1, -0.05) is 19.1 Å². The first-order valence-electron chi connectivity index (χ1n) is 7.33. The topological polar surface area (TPSA) is 24.5 Å². The van der Waals surface area contributed by atoms with E-state index < -0.39 is 0 Å². The summed E-state index contributed by atoms with van der Waals surface area (Å²) in [5, 5.41) is 3.19. The number of rotatable bonds is 6. The molecule has 1 fully saturated rings. The minimum atomic E-state index is 0.370. The molecule has 0 radical (unpaired) electrons. The fourth-order valence-corrected chi connectivity index (χ4v) is 2.69. The van der Waals surface area contributed by atoms with Gasteiger partial charge in [-0.3, -0.25) is 0 Å². The van der Waals surface area contributed by atoms with Gasteiger partial charge in [0.2, 0.25) is 0 Å². The van der Waals surface area contributed by atoms with Crippen LogP contribution in [-0.4, -0.2) is 39.4 Å². The van der Waals surface area contributed by atoms with Crippen LogP contribution in [0.1, 0.15) is 25.3 Å². The van der Waals surface area contributed by atoms with Gasteiger partial charge in [0.1, 0.15) is 0 Å². The molecule has 1 aliphatic rings. The van der Waals surface area contributed by atoms with Crippen LogP contribution in [0.15, 0.2) is 24.3 Å². The summed E-state index contributed by atoms with van der Waals surface area (Å²) in [5.74, 6) is 0. The predicted molar refractivity (Wildman–Crippen MR) is 80.9 cm³/mol. The average molecular weight is 262 g/mol. The Bertz CT molecular complexity index is 377. The van der Waals surface area contributed by atoms with Crippen molar-refractivity contribution in [2.24, 2.45) is 0 Å². The molecule has 1 aromatic rings. The van der Waals surface area contributed by atoms with Crippen molar-refractivity contribution >= 4 is 5.69 Å². The zero-order valence-electron chi connectivity index (χ0n) is 12.4. The van der Waals surface area contributed by atoms with Crippen molar-refractivity contribution in [1.29, 1.82) is 0 Å². The molecular formula is C16H26N2O. The lowest BCUT2D eigenvalue weighted by Crippen LogP contribution is -2.31. The van der Waals surface area contributed by atoms with Gasteiger partial charge in [0.25, 0.3) is 0 Å². The van der Waals surface area contributed by atoms with Crippen molar-refractivity contribution < 1.29 is 4.74 Å². The number of ether oxygens (including phenoxy) is 1. The maximum absolute atomic E-state index is 6.03. The molecule has 2 rings (SSSR count). The molecule has 1 aromatic carbocycles. The highest BCUT2D eigenvalue weighted by atomic mass is 16.5. The van der Waals surface area contributed by atoms with Crippen LogP contribution < -0.4 is 10.2 Å². The summed E-state index contributed by atoms with van der Waals surface area (Å²) in [4.78, 5) is 2.30. The van der Waals surface area contributed by atoms with Gasteiger partial charge in [-0.25, -0.2) is 0 Å². The summed E-state index contributed by atoms with van der Waals surface area (Å²) >= 11 is 0. The third-order valence-corrected chi connectivity index (χ3v) is 3.89. The predicted octanol–water partition coefficient (Wildman–Crippen LogP) is 2.45. The maximum atomic E-state index is 6.03. The third-order valence-electron chi connectivity index (χ3n) is 3.89. The zero-order chi connectivity index (χ0) is 13.7. The van der Waals surface area contributed by atoms with Gasteiger partial charge in [0, 0.05) is 25.8 Å². The summed E-state index contributed by atoms with van der Waals surface area (Å²) in [6.07, 6.45) is 4.21. The van der Waals surface area contributed by atoms with Crippen LogP contribution >= 0.6 is 0 Å². The number of benzene rings is 1. The van der Waals surface area contributed by atoms with Crippen molar-refractivity contribution in [2.75, 3.05) is 32.1 Å². The second-order valence-corrected chi connectivity index (χ2v) is 5.42. The summed E-state index contributed by atoms with van der Waals surface area (Å²) < 4.78 is 6.03. The second kappa shape index (κ2) is 6.92. The molecule has 0 aromatic heterocycles. The van der Waals surface area contributed by atoms with Crippen LogP contribution in [-0.2, 0) is 11.2 Å². The molecule has 0 spiro atoms. The van der Waals surface area contributed by atoms with E-state index in [2.05, 4.69) is 48.5 Å². The molecule has 106 valence electrons. The molecule has 1 heterocycles. The zero-order valence-corrected chi connectivity index (χ0v) is 12.4. The first kappa shape index (κ1) is 14.4. The van der Waals surface area contributed by atoms with E-state index >= 15 is 0 Å². The van der Waals surface area contributed by atoms with E-state index in [9.17, 15) is 0 Å². The van der Waals surface area contributed by atoms with E-state index in [1.165, 1.54) is 24.1 Å². The number of hydrogen-bond acceptors (Lipinski definition) is 3. The Labute approximate surface area is 116 Å². The Balaban J connectivity index is 1.85. The van der Waals surface area contributed by atoms with Crippen molar-refractivity contribution in [1.82, 2.24) is 5.32 Å². The number of hydrogen-bond donors (Lipinski definition) is 1. The van der Waals surface area contributed by atoms with Gasteiger partial charge in [0.05, 0.1) is 12.2 Å². The second-order valence-electron chi connectivity index (χ2n) is 5.42. The largest absolute Gasteiger partial charge is 0.372 e. The molecule has 1 saturated heterocycles. The summed E-state index contributed by atoms with van der Waals surface area (Å²) in [5.41, 5.74) is 2.67. The number of aryl methyl sites for hydroxylation is 1. The molecule has 0 amide bonds. The normalized spacial score (nSPS) is 22.7. The smallest absolute Gasteiger partial charge is 0.0755 e. The summed E-state index contributed by atoms with van der Waals surface area (Å²) in [6, 6.07) is 8.84. The minimum Gasteiger partial charge on any atom is -0.372 e. The Hall–Kier alpha value is -1.06. The van der Waals surface area contributed by atoms with Crippen molar-refractivity contribution in [3.63, 3.8) is 0 Å². The average Bonchev–Trinajstić information content (AvgIpc) is 2.86. The van der Waals surface area contributed by atoms with E-state index in [-0.39, 0.29) is 0 Å². The van der Waals surface area contributed by atoms with Gasteiger partial charge >= 0.3 is 0 Å². The van der Waals surface area contributed by atoms with Gasteiger partial charge < -0.3 is 15.0 Å². The lowest BCUT2D eigenvalue weighted by atomic mass is 10.1. The third kappa shape index (κ3) is 3.95. The van der Waals surface area contributed by atoms with Crippen LogP contribution in [0.4, 0.5) is 5.69 Å². The Morgan fingerprint density at radius 2 is 1.89 bits per heavy atom. The quantitative estimate of drug-likeness (QED) is 0.852. The van der Waals surface area contributed by atoms with Crippen LogP contribution in [0.3, 0.4) is 0 Å². The molecule has 0 saturated carbocycles. The summed E-state index contributed by atoms with van der Waals surface area (Å²) in [7, 11) is 4.13. The SMILES string of the molecule is CCc1ccc(N(C)CC2CCC(CNC)O2)cc1. The van der Waals surface area contributed by atoms with Crippen LogP contribution in [0.25, 0.3) is 0 Å². The van der Waals surface area contributed by atoms with E-state index in [1.54, 1.807) is 0 Å². The molecule has 0 aliphatic carbocycles. The van der Waals surface area contributed by atoms with Gasteiger partial charge in [-0.15, -0.1) is 0 Å². The van der Waals surface area contributed by atoms with Crippen molar-refractivity contribution in [2.45, 2.75) is 38.4 Å². The first-order chi connectivity index (χ1) is 9.22. The fourth-order valence-electron chi connectivity index (χ4n) is 2.69. The van der Waals surface area contributed by atoms with Crippen LogP contribution in [0, 0.1) is 0 Å². The van der Waals surface area contributed by atoms with E-state index in [0.717, 1.165) is 19.5 Å². The number of anilines is 1. The van der Waals surface area contributed by atoms with Crippen molar-refractivity contribution in [3.8, 4) is 0 Å². The lowest BCUT2D eigenvalue weighted by molar-refractivity contribution is 0.0511. The monoisotopic (exact) mass is 262 g/mol. The highest BCUT2D eigenvalue weighted by Gasteiger charge is 2.25. The van der Waals surface area contributed by atoms with E-state index in [0.29, 0.717) is 12.2 Å². The van der Waals surface area contributed by atoms with Gasteiger partial charge in [-0.2, -0.15) is 0 Å². The number of nitrogens with one attached hydrogen (secondary N) is 1. The molecule has 1 aliphatic heterocycles. The van der Waals surface area contributed by atoms with Gasteiger partial charge in [0.15, 0.2) is 0 Å². The Morgan fingerprint density at radius 3 is 2.53 bits per heavy atom.